The topological polar surface area (TPSA) is 0 Å². The molecule has 0 aliphatic heterocycles. The van der Waals surface area contributed by atoms with Gasteiger partial charge in [0.2, 0.25) is 0 Å². The van der Waals surface area contributed by atoms with E-state index in [1.807, 2.05) is 0 Å². The van der Waals surface area contributed by atoms with Crippen LogP contribution < -0.4 is 0 Å². The van der Waals surface area contributed by atoms with Gasteiger partial charge in [-0.15, -0.1) is 0 Å². The van der Waals surface area contributed by atoms with Crippen LogP contribution >= 0.6 is 15.9 Å². The summed E-state index contributed by atoms with van der Waals surface area (Å²) < 4.78 is 0. The molecule has 1 heteroatoms. The van der Waals surface area contributed by atoms with Crippen molar-refractivity contribution in [3.63, 3.8) is 0 Å². The van der Waals surface area contributed by atoms with E-state index in [1.54, 1.807) is 0 Å². The van der Waals surface area contributed by atoms with Crippen LogP contribution in [0.5, 0.6) is 0 Å². The lowest BCUT2D eigenvalue weighted by Gasteiger charge is -2.04. The fraction of sp³-hybridized carbons (Fsp3) is 0.600. The van der Waals surface area contributed by atoms with Gasteiger partial charge in [0.1, 0.15) is 0 Å². The van der Waals surface area contributed by atoms with Crippen LogP contribution in [0, 0.1) is 0 Å². The molecule has 0 rings (SSSR count). The van der Waals surface area contributed by atoms with Crippen molar-refractivity contribution in [1.82, 2.24) is 0 Å². The van der Waals surface area contributed by atoms with Gasteiger partial charge in [-0.05, 0) is 172 Å². The maximum Gasteiger partial charge on any atom is 0.0214 e. The lowest BCUT2D eigenvalue weighted by Crippen LogP contribution is -1.84. The van der Waals surface area contributed by atoms with Crippen LogP contribution in [0.1, 0.15) is 172 Å². The molecule has 0 spiro atoms. The van der Waals surface area contributed by atoms with Crippen molar-refractivity contribution < 1.29 is 0 Å². The van der Waals surface area contributed by atoms with Crippen molar-refractivity contribution in [2.24, 2.45) is 0 Å². The number of allylic oxidation sites excluding steroid dienone is 18. The maximum atomic E-state index is 3.48. The van der Waals surface area contributed by atoms with Gasteiger partial charge in [0.05, 0.1) is 0 Å². The Morgan fingerprint density at radius 1 is 0.283 bits per heavy atom. The Bertz CT molecular complexity index is 1100. The van der Waals surface area contributed by atoms with Gasteiger partial charge in [-0.25, -0.2) is 0 Å². The highest BCUT2D eigenvalue weighted by atomic mass is 79.9. The van der Waals surface area contributed by atoms with E-state index in [9.17, 15) is 0 Å². The van der Waals surface area contributed by atoms with Gasteiger partial charge in [0, 0.05) is 5.33 Å². The summed E-state index contributed by atoms with van der Waals surface area (Å²) in [6, 6.07) is 0. The molecule has 0 radical (unpaired) electrons. The Labute approximate surface area is 296 Å². The predicted octanol–water partition coefficient (Wildman–Crippen LogP) is 16.2. The van der Waals surface area contributed by atoms with Crippen LogP contribution in [0.4, 0.5) is 0 Å². The molecule has 0 aliphatic carbocycles. The summed E-state index contributed by atoms with van der Waals surface area (Å²) in [5, 5.41) is 0.963. The minimum absolute atomic E-state index is 0.963. The lowest BCUT2D eigenvalue weighted by molar-refractivity contribution is 0.880. The Morgan fingerprint density at radius 3 is 0.630 bits per heavy atom. The number of hydrogen-bond acceptors (Lipinski definition) is 0. The zero-order valence-electron chi connectivity index (χ0n) is 32.1. The molecule has 0 amide bonds. The van der Waals surface area contributed by atoms with Crippen molar-refractivity contribution in [2.75, 3.05) is 5.33 Å². The van der Waals surface area contributed by atoms with E-state index < -0.39 is 0 Å². The second-order valence-electron chi connectivity index (χ2n) is 14.1. The third-order valence-electron chi connectivity index (χ3n) is 8.74. The molecule has 0 heterocycles. The van der Waals surface area contributed by atoms with Crippen LogP contribution in [0.15, 0.2) is 105 Å². The smallest absolute Gasteiger partial charge is 0.0214 e. The van der Waals surface area contributed by atoms with E-state index in [-0.39, 0.29) is 0 Å². The first-order valence-corrected chi connectivity index (χ1v) is 19.5. The molecular weight excluding hydrogens is 620 g/mol. The summed E-state index contributed by atoms with van der Waals surface area (Å²) in [7, 11) is 0. The second kappa shape index (κ2) is 29.3. The zero-order valence-corrected chi connectivity index (χ0v) is 33.7. The summed E-state index contributed by atoms with van der Waals surface area (Å²) in [4.78, 5) is 0. The normalized spacial score (nSPS) is 14.8. The Balaban J connectivity index is 4.21. The van der Waals surface area contributed by atoms with E-state index in [4.69, 9.17) is 0 Å². The minimum Gasteiger partial charge on any atom is -0.0883 e. The minimum atomic E-state index is 0.963. The molecule has 0 saturated carbocycles. The van der Waals surface area contributed by atoms with Gasteiger partial charge < -0.3 is 0 Å². The molecule has 0 aliphatic rings. The van der Waals surface area contributed by atoms with Gasteiger partial charge in [-0.3, -0.25) is 0 Å². The van der Waals surface area contributed by atoms with Gasteiger partial charge in [0.15, 0.2) is 0 Å². The summed E-state index contributed by atoms with van der Waals surface area (Å²) in [6.45, 7) is 22.7. The van der Waals surface area contributed by atoms with Gasteiger partial charge in [-0.1, -0.05) is 121 Å². The van der Waals surface area contributed by atoms with E-state index in [0.717, 1.165) is 37.4 Å². The molecule has 0 nitrogen and oxygen atoms in total. The van der Waals surface area contributed by atoms with Crippen LogP contribution in [-0.2, 0) is 0 Å². The molecule has 0 saturated heterocycles. The first-order chi connectivity index (χ1) is 21.9. The largest absolute Gasteiger partial charge is 0.0883 e. The molecular formula is C45H73Br. The first-order valence-electron chi connectivity index (χ1n) is 18.4. The fourth-order valence-corrected chi connectivity index (χ4v) is 5.91. The van der Waals surface area contributed by atoms with Gasteiger partial charge in [-0.2, -0.15) is 0 Å². The highest BCUT2D eigenvalue weighted by Gasteiger charge is 1.97. The monoisotopic (exact) mass is 692 g/mol. The maximum absolute atomic E-state index is 3.48. The molecule has 0 bridgehead atoms. The van der Waals surface area contributed by atoms with Gasteiger partial charge in [0.25, 0.3) is 0 Å². The molecule has 0 aromatic carbocycles. The number of alkyl halides is 1. The molecule has 260 valence electrons. The third kappa shape index (κ3) is 29.5. The summed E-state index contributed by atoms with van der Waals surface area (Å²) in [5.41, 5.74) is 13.6. The van der Waals surface area contributed by atoms with Gasteiger partial charge >= 0.3 is 0 Å². The van der Waals surface area contributed by atoms with Crippen molar-refractivity contribution >= 4 is 15.9 Å². The molecule has 0 fully saturated rings. The number of hydrogen-bond donors (Lipinski definition) is 0. The van der Waals surface area contributed by atoms with E-state index in [2.05, 4.69) is 140 Å². The van der Waals surface area contributed by atoms with E-state index in [1.165, 1.54) is 121 Å². The molecule has 0 aromatic heterocycles. The van der Waals surface area contributed by atoms with E-state index >= 15 is 0 Å². The van der Waals surface area contributed by atoms with Crippen LogP contribution in [0.2, 0.25) is 0 Å². The second-order valence-corrected chi connectivity index (χ2v) is 14.8. The summed E-state index contributed by atoms with van der Waals surface area (Å²) in [6.07, 6.45) is 40.5. The number of halogens is 1. The number of rotatable bonds is 25. The lowest BCUT2D eigenvalue weighted by atomic mass is 10.0. The van der Waals surface area contributed by atoms with Crippen molar-refractivity contribution in [2.45, 2.75) is 172 Å². The van der Waals surface area contributed by atoms with Crippen molar-refractivity contribution in [3.05, 3.63) is 105 Å². The Morgan fingerprint density at radius 2 is 0.457 bits per heavy atom. The Hall–Kier alpha value is -1.86. The molecule has 0 atom stereocenters. The van der Waals surface area contributed by atoms with Crippen LogP contribution in [0.3, 0.4) is 0 Å². The fourth-order valence-electron chi connectivity index (χ4n) is 5.36. The van der Waals surface area contributed by atoms with Crippen molar-refractivity contribution in [1.29, 1.82) is 0 Å². The molecule has 46 heavy (non-hydrogen) atoms. The highest BCUT2D eigenvalue weighted by molar-refractivity contribution is 9.09. The van der Waals surface area contributed by atoms with Crippen molar-refractivity contribution in [3.8, 4) is 0 Å². The quantitative estimate of drug-likeness (QED) is 0.0660. The molecule has 0 unspecified atom stereocenters. The highest BCUT2D eigenvalue weighted by Crippen LogP contribution is 2.17. The molecule has 0 aromatic rings. The zero-order chi connectivity index (χ0) is 34.6. The Kier molecular flexibility index (Phi) is 28.1. The van der Waals surface area contributed by atoms with Crippen LogP contribution in [-0.4, -0.2) is 5.33 Å². The standard InChI is InChI=1S/C45H73Br/c1-37(2)19-11-20-38(3)21-12-22-39(4)23-13-24-40(5)25-14-26-41(6)27-15-28-42(7)29-16-30-43(8)31-17-32-44(9)33-18-34-45(10)35-36-46/h19,21,23,25,27,29,31,33,35H,11-18,20,22,24,26,28,30,32,34,36H2,1-10H3/b38-21+,39-23+,40-25-,41-27+,42-29+,43-31+,44-33-,45-35+. The molecule has 0 N–H and O–H groups in total. The third-order valence-corrected chi connectivity index (χ3v) is 9.06. The summed E-state index contributed by atoms with van der Waals surface area (Å²) in [5.74, 6) is 0. The average Bonchev–Trinajstić information content (AvgIpc) is 2.97. The van der Waals surface area contributed by atoms with E-state index in [0.29, 0.717) is 0 Å². The predicted molar refractivity (Wildman–Crippen MR) is 217 cm³/mol. The SMILES string of the molecule is CC(C)=CCC/C(C)=C/CC/C(C)=C/CC/C(C)=C\CC/C(C)=C/CC/C(C)=C/CC/C(C)=C/CC/C(C)=C\CC/C(C)=C/CBr. The summed E-state index contributed by atoms with van der Waals surface area (Å²) >= 11 is 3.48. The average molecular weight is 694 g/mol. The van der Waals surface area contributed by atoms with Crippen LogP contribution in [0.25, 0.3) is 0 Å². The first kappa shape index (κ1) is 44.1.